The lowest BCUT2D eigenvalue weighted by Gasteiger charge is -2.13. The van der Waals surface area contributed by atoms with Gasteiger partial charge in [0, 0.05) is 6.54 Å². The minimum Gasteiger partial charge on any atom is -0.355 e. The van der Waals surface area contributed by atoms with Crippen molar-refractivity contribution in [1.82, 2.24) is 25.5 Å². The summed E-state index contributed by atoms with van der Waals surface area (Å²) in [6, 6.07) is 8.16. The highest BCUT2D eigenvalue weighted by molar-refractivity contribution is 8.00. The highest BCUT2D eigenvalue weighted by atomic mass is 32.2. The topological polar surface area (TPSA) is 72.7 Å². The monoisotopic (exact) mass is 347 g/mol. The van der Waals surface area contributed by atoms with Crippen molar-refractivity contribution < 1.29 is 4.79 Å². The molecule has 1 unspecified atom stereocenters. The zero-order valence-corrected chi connectivity index (χ0v) is 15.7. The third-order valence-corrected chi connectivity index (χ3v) is 4.61. The smallest absolute Gasteiger partial charge is 0.233 e. The van der Waals surface area contributed by atoms with Crippen LogP contribution in [0.2, 0.25) is 0 Å². The van der Waals surface area contributed by atoms with Gasteiger partial charge < -0.3 is 5.32 Å². The molecule has 2 rings (SSSR count). The van der Waals surface area contributed by atoms with Gasteiger partial charge in [0.2, 0.25) is 11.1 Å². The minimum absolute atomic E-state index is 0.00148. The Morgan fingerprint density at radius 2 is 1.83 bits per heavy atom. The molecule has 2 aromatic rings. The maximum absolute atomic E-state index is 12.1. The normalized spacial score (nSPS) is 12.6. The first-order valence-electron chi connectivity index (χ1n) is 8.21. The molecule has 0 saturated heterocycles. The van der Waals surface area contributed by atoms with E-state index < -0.39 is 0 Å². The van der Waals surface area contributed by atoms with E-state index in [4.69, 9.17) is 0 Å². The minimum atomic E-state index is -0.261. The van der Waals surface area contributed by atoms with Crippen LogP contribution in [0.1, 0.15) is 46.1 Å². The molecule has 0 spiro atoms. The van der Waals surface area contributed by atoms with Crippen molar-refractivity contribution >= 4 is 17.7 Å². The predicted molar refractivity (Wildman–Crippen MR) is 96.4 cm³/mol. The number of rotatable bonds is 7. The van der Waals surface area contributed by atoms with E-state index >= 15 is 0 Å². The Labute approximate surface area is 147 Å². The van der Waals surface area contributed by atoms with Gasteiger partial charge in [-0.05, 0) is 46.9 Å². The number of amides is 1. The number of carbonyl (C=O) groups excluding carboxylic acids is 1. The molecule has 130 valence electrons. The van der Waals surface area contributed by atoms with Crippen molar-refractivity contribution in [2.24, 2.45) is 5.92 Å². The van der Waals surface area contributed by atoms with Crippen molar-refractivity contribution in [3.63, 3.8) is 0 Å². The largest absolute Gasteiger partial charge is 0.355 e. The van der Waals surface area contributed by atoms with Crippen LogP contribution in [0.4, 0.5) is 0 Å². The number of benzene rings is 1. The molecule has 1 amide bonds. The first-order valence-corrected chi connectivity index (χ1v) is 9.09. The number of carbonyl (C=O) groups is 1. The van der Waals surface area contributed by atoms with Gasteiger partial charge in [0.15, 0.2) is 0 Å². The number of aromatic nitrogens is 4. The Morgan fingerprint density at radius 3 is 2.42 bits per heavy atom. The molecular formula is C17H25N5OS. The SMILES string of the molecule is CC(C)CNC(=O)C(C)Sc1nnnn1-c1ccc(C(C)C)cc1. The van der Waals surface area contributed by atoms with Gasteiger partial charge in [-0.25, -0.2) is 0 Å². The molecule has 0 aliphatic rings. The number of hydrogen-bond acceptors (Lipinski definition) is 5. The fraction of sp³-hybridized carbons (Fsp3) is 0.529. The number of nitrogens with one attached hydrogen (secondary N) is 1. The van der Waals surface area contributed by atoms with Gasteiger partial charge in [0.1, 0.15) is 0 Å². The lowest BCUT2D eigenvalue weighted by molar-refractivity contribution is -0.120. The molecule has 0 aliphatic carbocycles. The summed E-state index contributed by atoms with van der Waals surface area (Å²) in [6.07, 6.45) is 0. The lowest BCUT2D eigenvalue weighted by Crippen LogP contribution is -2.33. The summed E-state index contributed by atoms with van der Waals surface area (Å²) in [4.78, 5) is 12.1. The molecule has 0 fully saturated rings. The Morgan fingerprint density at radius 1 is 1.17 bits per heavy atom. The predicted octanol–water partition coefficient (Wildman–Crippen LogP) is 3.04. The maximum atomic E-state index is 12.1. The van der Waals surface area contributed by atoms with Gasteiger partial charge in [0.05, 0.1) is 10.9 Å². The number of tetrazole rings is 1. The summed E-state index contributed by atoms with van der Waals surface area (Å²) in [5, 5.41) is 15.1. The van der Waals surface area contributed by atoms with Gasteiger partial charge in [-0.3, -0.25) is 4.79 Å². The lowest BCUT2D eigenvalue weighted by atomic mass is 10.0. The molecule has 0 radical (unpaired) electrons. The molecule has 6 nitrogen and oxygen atoms in total. The first-order chi connectivity index (χ1) is 11.4. The van der Waals surface area contributed by atoms with E-state index in [0.717, 1.165) is 5.69 Å². The maximum Gasteiger partial charge on any atom is 0.233 e. The number of thioether (sulfide) groups is 1. The van der Waals surface area contributed by atoms with Crippen LogP contribution in [0.15, 0.2) is 29.4 Å². The standard InChI is InChI=1S/C17H25N5OS/c1-11(2)10-18-16(23)13(5)24-17-19-20-21-22(17)15-8-6-14(7-9-15)12(3)4/h6-9,11-13H,10H2,1-5H3,(H,18,23). The second-order valence-electron chi connectivity index (χ2n) is 6.52. The van der Waals surface area contributed by atoms with Crippen molar-refractivity contribution in [3.05, 3.63) is 29.8 Å². The molecule has 7 heteroatoms. The fourth-order valence-electron chi connectivity index (χ4n) is 2.07. The number of hydrogen-bond donors (Lipinski definition) is 1. The molecule has 1 heterocycles. The van der Waals surface area contributed by atoms with Crippen molar-refractivity contribution in [1.29, 1.82) is 0 Å². The first kappa shape index (κ1) is 18.4. The van der Waals surface area contributed by atoms with Gasteiger partial charge in [-0.1, -0.05) is 51.6 Å². The molecule has 1 N–H and O–H groups in total. The molecule has 24 heavy (non-hydrogen) atoms. The van der Waals surface area contributed by atoms with E-state index in [9.17, 15) is 4.79 Å². The van der Waals surface area contributed by atoms with E-state index in [1.807, 2.05) is 19.1 Å². The Kier molecular flexibility index (Phi) is 6.36. The van der Waals surface area contributed by atoms with Crippen LogP contribution in [0, 0.1) is 5.92 Å². The highest BCUT2D eigenvalue weighted by Crippen LogP contribution is 2.24. The van der Waals surface area contributed by atoms with E-state index in [-0.39, 0.29) is 11.2 Å². The summed E-state index contributed by atoms with van der Waals surface area (Å²) in [5.74, 6) is 0.904. The third kappa shape index (κ3) is 4.80. The number of nitrogens with zero attached hydrogens (tertiary/aromatic N) is 4. The van der Waals surface area contributed by atoms with Gasteiger partial charge >= 0.3 is 0 Å². The van der Waals surface area contributed by atoms with Gasteiger partial charge in [0.25, 0.3) is 0 Å². The Balaban J connectivity index is 2.08. The molecule has 1 aromatic heterocycles. The van der Waals surface area contributed by atoms with Crippen LogP contribution >= 0.6 is 11.8 Å². The highest BCUT2D eigenvalue weighted by Gasteiger charge is 2.19. The van der Waals surface area contributed by atoms with Gasteiger partial charge in [-0.2, -0.15) is 4.68 Å². The molecule has 1 aromatic carbocycles. The summed E-state index contributed by atoms with van der Waals surface area (Å²) < 4.78 is 1.67. The van der Waals surface area contributed by atoms with Crippen LogP contribution in [0.5, 0.6) is 0 Å². The molecule has 0 aliphatic heterocycles. The van der Waals surface area contributed by atoms with E-state index in [0.29, 0.717) is 23.5 Å². The molecule has 1 atom stereocenters. The Hall–Kier alpha value is -1.89. The van der Waals surface area contributed by atoms with Crippen molar-refractivity contribution in [3.8, 4) is 5.69 Å². The third-order valence-electron chi connectivity index (χ3n) is 3.58. The summed E-state index contributed by atoms with van der Waals surface area (Å²) in [6.45, 7) is 11.0. The van der Waals surface area contributed by atoms with Crippen LogP contribution in [-0.2, 0) is 4.79 Å². The fourth-order valence-corrected chi connectivity index (χ4v) is 2.91. The second-order valence-corrected chi connectivity index (χ2v) is 7.83. The summed E-state index contributed by atoms with van der Waals surface area (Å²) >= 11 is 1.36. The quantitative estimate of drug-likeness (QED) is 0.779. The van der Waals surface area contributed by atoms with E-state index in [2.05, 4.69) is 60.7 Å². The van der Waals surface area contributed by atoms with Crippen LogP contribution < -0.4 is 5.32 Å². The van der Waals surface area contributed by atoms with Crippen LogP contribution in [0.3, 0.4) is 0 Å². The molecular weight excluding hydrogens is 322 g/mol. The van der Waals surface area contributed by atoms with Gasteiger partial charge in [-0.15, -0.1) is 5.10 Å². The summed E-state index contributed by atoms with van der Waals surface area (Å²) in [7, 11) is 0. The molecule has 0 bridgehead atoms. The average Bonchev–Trinajstić information content (AvgIpc) is 3.00. The second kappa shape index (κ2) is 8.28. The Bertz CT molecular complexity index is 666. The zero-order chi connectivity index (χ0) is 17.7. The van der Waals surface area contributed by atoms with Crippen LogP contribution in [0.25, 0.3) is 5.69 Å². The zero-order valence-electron chi connectivity index (χ0n) is 14.9. The van der Waals surface area contributed by atoms with Crippen LogP contribution in [-0.4, -0.2) is 37.9 Å². The van der Waals surface area contributed by atoms with Crippen molar-refractivity contribution in [2.45, 2.75) is 50.9 Å². The van der Waals surface area contributed by atoms with Crippen molar-refractivity contribution in [2.75, 3.05) is 6.54 Å². The van der Waals surface area contributed by atoms with E-state index in [1.165, 1.54) is 17.3 Å². The summed E-state index contributed by atoms with van der Waals surface area (Å²) in [5.41, 5.74) is 2.16. The van der Waals surface area contributed by atoms with E-state index in [1.54, 1.807) is 4.68 Å². The molecule has 0 saturated carbocycles. The average molecular weight is 347 g/mol.